The normalized spacial score (nSPS) is 10.4. The van der Waals surface area contributed by atoms with E-state index in [9.17, 15) is 9.59 Å². The molecule has 138 valence electrons. The number of amides is 2. The zero-order chi connectivity index (χ0) is 19.3. The summed E-state index contributed by atoms with van der Waals surface area (Å²) >= 11 is 0. The number of H-pyrrole nitrogens is 1. The van der Waals surface area contributed by atoms with Crippen LogP contribution in [-0.4, -0.2) is 22.0 Å². The smallest absolute Gasteiger partial charge is 0.291 e. The average molecular weight is 372 g/mol. The van der Waals surface area contributed by atoms with E-state index < -0.39 is 0 Å². The predicted molar refractivity (Wildman–Crippen MR) is 105 cm³/mol. The van der Waals surface area contributed by atoms with E-state index in [1.165, 1.54) is 12.5 Å². The van der Waals surface area contributed by atoms with Crippen molar-refractivity contribution in [1.29, 1.82) is 0 Å². The van der Waals surface area contributed by atoms with Crippen molar-refractivity contribution in [2.75, 3.05) is 10.6 Å². The Balaban J connectivity index is 1.50. The van der Waals surface area contributed by atoms with Gasteiger partial charge < -0.3 is 15.1 Å². The molecule has 4 aromatic rings. The molecule has 2 amide bonds. The molecule has 0 radical (unpaired) electrons. The highest BCUT2D eigenvalue weighted by Gasteiger charge is 2.16. The summed E-state index contributed by atoms with van der Waals surface area (Å²) in [5, 5.41) is 12.4. The maximum atomic E-state index is 12.7. The van der Waals surface area contributed by atoms with Gasteiger partial charge in [0.2, 0.25) is 0 Å². The lowest BCUT2D eigenvalue weighted by atomic mass is 10.1. The number of aromatic nitrogens is 2. The maximum Gasteiger partial charge on any atom is 0.291 e. The van der Waals surface area contributed by atoms with E-state index in [4.69, 9.17) is 4.42 Å². The summed E-state index contributed by atoms with van der Waals surface area (Å²) in [7, 11) is 0. The zero-order valence-corrected chi connectivity index (χ0v) is 14.7. The van der Waals surface area contributed by atoms with Crippen LogP contribution in [0.5, 0.6) is 0 Å². The van der Waals surface area contributed by atoms with E-state index in [0.717, 1.165) is 5.56 Å². The number of rotatable bonds is 5. The van der Waals surface area contributed by atoms with Crippen molar-refractivity contribution in [3.8, 4) is 11.3 Å². The highest BCUT2D eigenvalue weighted by molar-refractivity contribution is 6.08. The van der Waals surface area contributed by atoms with Crippen molar-refractivity contribution in [2.24, 2.45) is 0 Å². The van der Waals surface area contributed by atoms with E-state index in [-0.39, 0.29) is 17.6 Å². The highest BCUT2D eigenvalue weighted by atomic mass is 16.3. The summed E-state index contributed by atoms with van der Waals surface area (Å²) in [5.41, 5.74) is 3.01. The van der Waals surface area contributed by atoms with Crippen LogP contribution in [0.25, 0.3) is 11.3 Å². The van der Waals surface area contributed by atoms with Gasteiger partial charge in [0.25, 0.3) is 11.8 Å². The number of hydrogen-bond acceptors (Lipinski definition) is 4. The van der Waals surface area contributed by atoms with Gasteiger partial charge in [0.1, 0.15) is 0 Å². The summed E-state index contributed by atoms with van der Waals surface area (Å²) in [6.45, 7) is 0. The van der Waals surface area contributed by atoms with Crippen LogP contribution in [0.2, 0.25) is 0 Å². The van der Waals surface area contributed by atoms with E-state index in [1.54, 1.807) is 36.4 Å². The van der Waals surface area contributed by atoms with Gasteiger partial charge in [-0.05, 0) is 30.3 Å². The van der Waals surface area contributed by atoms with Gasteiger partial charge in [0, 0.05) is 16.9 Å². The molecule has 3 N–H and O–H groups in total. The van der Waals surface area contributed by atoms with Crippen LogP contribution in [0.3, 0.4) is 0 Å². The number of nitrogens with one attached hydrogen (secondary N) is 3. The molecule has 0 saturated heterocycles. The van der Waals surface area contributed by atoms with Crippen LogP contribution in [0.1, 0.15) is 20.9 Å². The SMILES string of the molecule is O=C(Nc1cccc(NC(=O)c2cn[nH]c2-c2ccccc2)c1)c1ccco1. The first-order chi connectivity index (χ1) is 13.7. The third-order valence-corrected chi connectivity index (χ3v) is 4.07. The zero-order valence-electron chi connectivity index (χ0n) is 14.7. The Morgan fingerprint density at radius 2 is 1.61 bits per heavy atom. The van der Waals surface area contributed by atoms with Gasteiger partial charge in [-0.25, -0.2) is 0 Å². The van der Waals surface area contributed by atoms with Crippen molar-refractivity contribution in [2.45, 2.75) is 0 Å². The summed E-state index contributed by atoms with van der Waals surface area (Å²) < 4.78 is 5.07. The number of carbonyl (C=O) groups is 2. The van der Waals surface area contributed by atoms with E-state index in [2.05, 4.69) is 20.8 Å². The van der Waals surface area contributed by atoms with E-state index >= 15 is 0 Å². The molecule has 0 atom stereocenters. The third kappa shape index (κ3) is 3.68. The number of benzene rings is 2. The molecule has 28 heavy (non-hydrogen) atoms. The van der Waals surface area contributed by atoms with E-state index in [0.29, 0.717) is 22.6 Å². The van der Waals surface area contributed by atoms with Gasteiger partial charge in [0.15, 0.2) is 5.76 Å². The largest absolute Gasteiger partial charge is 0.459 e. The Kier molecular flexibility index (Phi) is 4.71. The number of hydrogen-bond donors (Lipinski definition) is 3. The van der Waals surface area contributed by atoms with Gasteiger partial charge in [0.05, 0.1) is 23.7 Å². The summed E-state index contributed by atoms with van der Waals surface area (Å²) in [5.74, 6) is -0.461. The standard InChI is InChI=1S/C21H16N4O3/c26-20(17-13-22-25-19(17)14-6-2-1-3-7-14)23-15-8-4-9-16(12-15)24-21(27)18-10-5-11-28-18/h1-13H,(H,22,25)(H,23,26)(H,24,27). The Bertz CT molecular complexity index is 1100. The minimum absolute atomic E-state index is 0.209. The second-order valence-electron chi connectivity index (χ2n) is 5.99. The Morgan fingerprint density at radius 1 is 0.857 bits per heavy atom. The van der Waals surface area contributed by atoms with Crippen LogP contribution in [0.4, 0.5) is 11.4 Å². The first-order valence-electron chi connectivity index (χ1n) is 8.56. The fourth-order valence-corrected chi connectivity index (χ4v) is 2.76. The maximum absolute atomic E-state index is 12.7. The number of furan rings is 1. The third-order valence-electron chi connectivity index (χ3n) is 4.07. The molecule has 0 aliphatic rings. The molecule has 0 saturated carbocycles. The molecule has 2 aromatic carbocycles. The minimum Gasteiger partial charge on any atom is -0.459 e. The first-order valence-corrected chi connectivity index (χ1v) is 8.56. The summed E-state index contributed by atoms with van der Waals surface area (Å²) in [4.78, 5) is 24.8. The number of nitrogens with zero attached hydrogens (tertiary/aromatic N) is 1. The molecule has 4 rings (SSSR count). The van der Waals surface area contributed by atoms with Crippen molar-refractivity contribution >= 4 is 23.2 Å². The second-order valence-corrected chi connectivity index (χ2v) is 5.99. The minimum atomic E-state index is -0.366. The number of anilines is 2. The van der Waals surface area contributed by atoms with Crippen molar-refractivity contribution in [1.82, 2.24) is 10.2 Å². The van der Waals surface area contributed by atoms with Gasteiger partial charge in [-0.15, -0.1) is 0 Å². The fraction of sp³-hybridized carbons (Fsp3) is 0. The molecule has 7 heteroatoms. The summed E-state index contributed by atoms with van der Waals surface area (Å²) in [6, 6.07) is 19.6. The van der Waals surface area contributed by atoms with Crippen molar-refractivity contribution < 1.29 is 14.0 Å². The van der Waals surface area contributed by atoms with Crippen LogP contribution in [-0.2, 0) is 0 Å². The molecule has 0 aliphatic heterocycles. The lowest BCUT2D eigenvalue weighted by molar-refractivity contribution is 0.0995. The van der Waals surface area contributed by atoms with Crippen molar-refractivity contribution in [3.05, 3.63) is 90.5 Å². The summed E-state index contributed by atoms with van der Waals surface area (Å²) in [6.07, 6.45) is 2.92. The first kappa shape index (κ1) is 17.3. The Labute approximate surface area is 160 Å². The van der Waals surface area contributed by atoms with Gasteiger partial charge in [-0.3, -0.25) is 14.7 Å². The van der Waals surface area contributed by atoms with Crippen LogP contribution >= 0.6 is 0 Å². The molecule has 0 bridgehead atoms. The molecule has 0 unspecified atom stereocenters. The monoisotopic (exact) mass is 372 g/mol. The number of aromatic amines is 1. The molecule has 0 spiro atoms. The van der Waals surface area contributed by atoms with Crippen LogP contribution in [0, 0.1) is 0 Å². The molecular weight excluding hydrogens is 356 g/mol. The van der Waals surface area contributed by atoms with E-state index in [1.807, 2.05) is 30.3 Å². The Hall–Kier alpha value is -4.13. The quantitative estimate of drug-likeness (QED) is 0.489. The van der Waals surface area contributed by atoms with Gasteiger partial charge in [-0.2, -0.15) is 5.10 Å². The molecule has 0 fully saturated rings. The van der Waals surface area contributed by atoms with Gasteiger partial charge >= 0.3 is 0 Å². The molecule has 7 nitrogen and oxygen atoms in total. The fourth-order valence-electron chi connectivity index (χ4n) is 2.76. The Morgan fingerprint density at radius 3 is 2.32 bits per heavy atom. The molecule has 2 heterocycles. The van der Waals surface area contributed by atoms with Crippen LogP contribution < -0.4 is 10.6 Å². The average Bonchev–Trinajstić information content (AvgIpc) is 3.41. The molecule has 0 aliphatic carbocycles. The topological polar surface area (TPSA) is 100 Å². The number of carbonyl (C=O) groups excluding carboxylic acids is 2. The lowest BCUT2D eigenvalue weighted by Gasteiger charge is -2.08. The lowest BCUT2D eigenvalue weighted by Crippen LogP contribution is -2.14. The predicted octanol–water partition coefficient (Wildman–Crippen LogP) is 4.17. The highest BCUT2D eigenvalue weighted by Crippen LogP contribution is 2.22. The van der Waals surface area contributed by atoms with Crippen LogP contribution in [0.15, 0.2) is 83.6 Å². The van der Waals surface area contributed by atoms with Gasteiger partial charge in [-0.1, -0.05) is 36.4 Å². The second kappa shape index (κ2) is 7.63. The molecular formula is C21H16N4O3. The van der Waals surface area contributed by atoms with Crippen molar-refractivity contribution in [3.63, 3.8) is 0 Å². The molecule has 2 aromatic heterocycles.